The van der Waals surface area contributed by atoms with Gasteiger partial charge in [0.05, 0.1) is 13.3 Å². The molecule has 2 rings (SSSR count). The van der Waals surface area contributed by atoms with Gasteiger partial charge < -0.3 is 9.72 Å². The predicted octanol–water partition coefficient (Wildman–Crippen LogP) is 1.88. The van der Waals surface area contributed by atoms with Crippen molar-refractivity contribution >= 4 is 17.7 Å². The van der Waals surface area contributed by atoms with Crippen LogP contribution in [0.15, 0.2) is 35.9 Å². The Morgan fingerprint density at radius 1 is 1.47 bits per heavy atom. The Kier molecular flexibility index (Phi) is 3.77. The molecule has 6 heteroatoms. The first kappa shape index (κ1) is 11.7. The van der Waals surface area contributed by atoms with Gasteiger partial charge in [0.2, 0.25) is 0 Å². The standard InChI is InChI=1S/C11H11N3O2S/c1-16-10(15)9-6-13-11(14-9)17-7-8-2-4-12-5-3-8/h2-6H,7H2,1H3,(H,13,14). The smallest absolute Gasteiger partial charge is 0.356 e. The van der Waals surface area contributed by atoms with Crippen molar-refractivity contribution in [3.63, 3.8) is 0 Å². The fourth-order valence-electron chi connectivity index (χ4n) is 1.22. The van der Waals surface area contributed by atoms with Crippen molar-refractivity contribution in [3.8, 4) is 0 Å². The van der Waals surface area contributed by atoms with Crippen molar-refractivity contribution in [2.75, 3.05) is 7.11 Å². The Labute approximate surface area is 103 Å². The maximum Gasteiger partial charge on any atom is 0.356 e. The molecule has 0 atom stereocenters. The molecular formula is C11H11N3O2S. The molecule has 0 aliphatic rings. The molecule has 0 spiro atoms. The minimum atomic E-state index is -0.409. The molecule has 5 nitrogen and oxygen atoms in total. The van der Waals surface area contributed by atoms with E-state index in [1.807, 2.05) is 12.1 Å². The lowest BCUT2D eigenvalue weighted by atomic mass is 10.3. The maximum atomic E-state index is 11.2. The maximum absolute atomic E-state index is 11.2. The summed E-state index contributed by atoms with van der Waals surface area (Å²) in [5, 5.41) is 0.696. The molecule has 0 fully saturated rings. The highest BCUT2D eigenvalue weighted by Crippen LogP contribution is 2.19. The van der Waals surface area contributed by atoms with Gasteiger partial charge in [0.1, 0.15) is 5.69 Å². The van der Waals surface area contributed by atoms with Crippen LogP contribution in [0, 0.1) is 0 Å². The number of imidazole rings is 1. The quantitative estimate of drug-likeness (QED) is 0.662. The number of nitrogens with zero attached hydrogens (tertiary/aromatic N) is 2. The third-order valence-electron chi connectivity index (χ3n) is 2.08. The van der Waals surface area contributed by atoms with Crippen LogP contribution >= 0.6 is 11.8 Å². The number of ether oxygens (including phenoxy) is 1. The van der Waals surface area contributed by atoms with Crippen molar-refractivity contribution in [3.05, 3.63) is 42.0 Å². The fraction of sp³-hybridized carbons (Fsp3) is 0.182. The third kappa shape index (κ3) is 3.07. The van der Waals surface area contributed by atoms with Gasteiger partial charge in [-0.05, 0) is 17.7 Å². The van der Waals surface area contributed by atoms with E-state index in [1.165, 1.54) is 25.1 Å². The van der Waals surface area contributed by atoms with Gasteiger partial charge in [-0.3, -0.25) is 4.98 Å². The van der Waals surface area contributed by atoms with Gasteiger partial charge in [-0.25, -0.2) is 9.78 Å². The van der Waals surface area contributed by atoms with E-state index in [4.69, 9.17) is 0 Å². The van der Waals surface area contributed by atoms with Crippen LogP contribution in [-0.2, 0) is 10.5 Å². The molecule has 0 saturated heterocycles. The number of hydrogen-bond donors (Lipinski definition) is 1. The second kappa shape index (κ2) is 5.49. The molecule has 88 valence electrons. The summed E-state index contributed by atoms with van der Waals surface area (Å²) in [7, 11) is 1.34. The summed E-state index contributed by atoms with van der Waals surface area (Å²) in [5.74, 6) is 0.365. The molecule has 0 amide bonds. The Balaban J connectivity index is 1.96. The zero-order chi connectivity index (χ0) is 12.1. The zero-order valence-electron chi connectivity index (χ0n) is 9.21. The molecule has 0 saturated carbocycles. The molecule has 2 aromatic rings. The van der Waals surface area contributed by atoms with E-state index in [2.05, 4.69) is 19.7 Å². The second-order valence-corrected chi connectivity index (χ2v) is 4.20. The number of aromatic amines is 1. The second-order valence-electron chi connectivity index (χ2n) is 3.24. The summed E-state index contributed by atoms with van der Waals surface area (Å²) in [6.45, 7) is 0. The lowest BCUT2D eigenvalue weighted by Crippen LogP contribution is -2.00. The monoisotopic (exact) mass is 249 g/mol. The molecule has 0 radical (unpaired) electrons. The Bertz CT molecular complexity index is 498. The van der Waals surface area contributed by atoms with E-state index in [-0.39, 0.29) is 0 Å². The number of esters is 1. The highest BCUT2D eigenvalue weighted by molar-refractivity contribution is 7.98. The van der Waals surface area contributed by atoms with Crippen LogP contribution in [0.1, 0.15) is 16.1 Å². The first-order valence-electron chi connectivity index (χ1n) is 4.94. The molecule has 0 bridgehead atoms. The molecule has 0 aromatic carbocycles. The van der Waals surface area contributed by atoms with Gasteiger partial charge >= 0.3 is 5.97 Å². The SMILES string of the molecule is COC(=O)c1cnc(SCc2ccncc2)[nH]1. The molecule has 2 heterocycles. The minimum Gasteiger partial charge on any atom is -0.464 e. The minimum absolute atomic E-state index is 0.365. The molecule has 17 heavy (non-hydrogen) atoms. The highest BCUT2D eigenvalue weighted by atomic mass is 32.2. The van der Waals surface area contributed by atoms with E-state index in [9.17, 15) is 4.79 Å². The van der Waals surface area contributed by atoms with Gasteiger partial charge in [-0.1, -0.05) is 11.8 Å². The van der Waals surface area contributed by atoms with E-state index >= 15 is 0 Å². The van der Waals surface area contributed by atoms with Gasteiger partial charge in [0, 0.05) is 18.1 Å². The summed E-state index contributed by atoms with van der Waals surface area (Å²) in [6, 6.07) is 3.88. The number of H-pyrrole nitrogens is 1. The first-order valence-corrected chi connectivity index (χ1v) is 5.93. The van der Waals surface area contributed by atoms with E-state index in [0.717, 1.165) is 11.3 Å². The summed E-state index contributed by atoms with van der Waals surface area (Å²) in [5.41, 5.74) is 1.52. The lowest BCUT2D eigenvalue weighted by molar-refractivity contribution is 0.0594. The molecule has 1 N–H and O–H groups in total. The normalized spacial score (nSPS) is 10.2. The van der Waals surface area contributed by atoms with Crippen molar-refractivity contribution in [2.24, 2.45) is 0 Å². The van der Waals surface area contributed by atoms with Crippen LogP contribution in [0.3, 0.4) is 0 Å². The summed E-state index contributed by atoms with van der Waals surface area (Å²) >= 11 is 1.52. The Hall–Kier alpha value is -1.82. The van der Waals surface area contributed by atoms with E-state index < -0.39 is 5.97 Å². The highest BCUT2D eigenvalue weighted by Gasteiger charge is 2.09. The molecule has 0 aliphatic carbocycles. The summed E-state index contributed by atoms with van der Waals surface area (Å²) in [6.07, 6.45) is 4.97. The average molecular weight is 249 g/mol. The van der Waals surface area contributed by atoms with Crippen molar-refractivity contribution in [1.82, 2.24) is 15.0 Å². The number of carbonyl (C=O) groups is 1. The van der Waals surface area contributed by atoms with Crippen LogP contribution in [0.5, 0.6) is 0 Å². The van der Waals surface area contributed by atoms with Crippen molar-refractivity contribution < 1.29 is 9.53 Å². The van der Waals surface area contributed by atoms with Gasteiger partial charge in [-0.2, -0.15) is 0 Å². The number of carbonyl (C=O) groups excluding carboxylic acids is 1. The van der Waals surface area contributed by atoms with Crippen molar-refractivity contribution in [1.29, 1.82) is 0 Å². The molecular weight excluding hydrogens is 238 g/mol. The van der Waals surface area contributed by atoms with E-state index in [1.54, 1.807) is 12.4 Å². The molecule has 2 aromatic heterocycles. The molecule has 0 aliphatic heterocycles. The Morgan fingerprint density at radius 3 is 2.94 bits per heavy atom. The summed E-state index contributed by atoms with van der Waals surface area (Å²) < 4.78 is 4.58. The number of aromatic nitrogens is 3. The number of methoxy groups -OCH3 is 1. The van der Waals surface area contributed by atoms with Gasteiger partial charge in [-0.15, -0.1) is 0 Å². The van der Waals surface area contributed by atoms with Crippen LogP contribution in [0.4, 0.5) is 0 Å². The third-order valence-corrected chi connectivity index (χ3v) is 3.04. The number of thioether (sulfide) groups is 1. The fourth-order valence-corrected chi connectivity index (χ4v) is 2.03. The van der Waals surface area contributed by atoms with Crippen LogP contribution in [-0.4, -0.2) is 28.0 Å². The Morgan fingerprint density at radius 2 is 2.24 bits per heavy atom. The van der Waals surface area contributed by atoms with Gasteiger partial charge in [0.15, 0.2) is 5.16 Å². The zero-order valence-corrected chi connectivity index (χ0v) is 10.0. The number of rotatable bonds is 4. The number of nitrogens with one attached hydrogen (secondary N) is 1. The first-order chi connectivity index (χ1) is 8.29. The number of pyridine rings is 1. The van der Waals surface area contributed by atoms with Gasteiger partial charge in [0.25, 0.3) is 0 Å². The largest absolute Gasteiger partial charge is 0.464 e. The molecule has 0 unspecified atom stereocenters. The van der Waals surface area contributed by atoms with E-state index in [0.29, 0.717) is 10.9 Å². The van der Waals surface area contributed by atoms with Crippen molar-refractivity contribution in [2.45, 2.75) is 10.9 Å². The topological polar surface area (TPSA) is 67.9 Å². The predicted molar refractivity (Wildman–Crippen MR) is 63.7 cm³/mol. The van der Waals surface area contributed by atoms with Crippen LogP contribution < -0.4 is 0 Å². The average Bonchev–Trinajstić information content (AvgIpc) is 2.85. The number of hydrogen-bond acceptors (Lipinski definition) is 5. The summed E-state index contributed by atoms with van der Waals surface area (Å²) in [4.78, 5) is 22.1. The lowest BCUT2D eigenvalue weighted by Gasteiger charge is -1.97. The van der Waals surface area contributed by atoms with Crippen LogP contribution in [0.25, 0.3) is 0 Å². The van der Waals surface area contributed by atoms with Crippen LogP contribution in [0.2, 0.25) is 0 Å².